The van der Waals surface area contributed by atoms with Crippen molar-refractivity contribution >= 4 is 17.6 Å². The van der Waals surface area contributed by atoms with E-state index in [1.807, 2.05) is 0 Å². The number of hydrogen-bond acceptors (Lipinski definition) is 6. The molecule has 0 aliphatic rings. The molecule has 0 aliphatic carbocycles. The third kappa shape index (κ3) is 6.03. The van der Waals surface area contributed by atoms with Gasteiger partial charge in [0.2, 0.25) is 0 Å². The second-order valence-electron chi connectivity index (χ2n) is 4.73. The minimum absolute atomic E-state index is 0.0277. The highest BCUT2D eigenvalue weighted by atomic mass is 16.6. The summed E-state index contributed by atoms with van der Waals surface area (Å²) in [5, 5.41) is 19.7. The molecule has 0 unspecified atom stereocenters. The van der Waals surface area contributed by atoms with Crippen LogP contribution in [0.15, 0.2) is 24.3 Å². The van der Waals surface area contributed by atoms with Gasteiger partial charge in [-0.25, -0.2) is 0 Å². The summed E-state index contributed by atoms with van der Waals surface area (Å²) in [5.74, 6) is -0.847. The number of ether oxygens (including phenoxy) is 1. The Hall–Kier alpha value is -2.48. The van der Waals surface area contributed by atoms with E-state index in [9.17, 15) is 19.7 Å². The Bertz CT molecular complexity index is 561. The minimum Gasteiger partial charge on any atom is -0.466 e. The maximum absolute atomic E-state index is 12.5. The lowest BCUT2D eigenvalue weighted by molar-refractivity contribution is -0.384. The van der Waals surface area contributed by atoms with Crippen LogP contribution in [-0.2, 0) is 9.53 Å². The van der Waals surface area contributed by atoms with Gasteiger partial charge >= 0.3 is 5.97 Å². The Morgan fingerprint density at radius 1 is 1.35 bits per heavy atom. The molecule has 8 nitrogen and oxygen atoms in total. The van der Waals surface area contributed by atoms with Gasteiger partial charge in [0.15, 0.2) is 0 Å². The maximum atomic E-state index is 12.5. The average Bonchev–Trinajstić information content (AvgIpc) is 2.54. The van der Waals surface area contributed by atoms with Crippen LogP contribution < -0.4 is 0 Å². The third-order valence-electron chi connectivity index (χ3n) is 3.07. The molecule has 0 spiro atoms. The van der Waals surface area contributed by atoms with Crippen molar-refractivity contribution in [2.24, 2.45) is 0 Å². The van der Waals surface area contributed by atoms with Gasteiger partial charge < -0.3 is 14.7 Å². The monoisotopic (exact) mass is 324 g/mol. The normalized spacial score (nSPS) is 10.2. The van der Waals surface area contributed by atoms with Crippen LogP contribution >= 0.6 is 0 Å². The van der Waals surface area contributed by atoms with Crippen molar-refractivity contribution in [3.63, 3.8) is 0 Å². The molecule has 0 fully saturated rings. The highest BCUT2D eigenvalue weighted by Crippen LogP contribution is 2.15. The Kier molecular flexibility index (Phi) is 7.69. The number of aliphatic hydroxyl groups excluding tert-OH is 1. The summed E-state index contributed by atoms with van der Waals surface area (Å²) < 4.78 is 4.82. The van der Waals surface area contributed by atoms with E-state index < -0.39 is 16.8 Å². The molecule has 1 aromatic rings. The molecule has 0 aliphatic heterocycles. The fraction of sp³-hybridized carbons (Fsp3) is 0.467. The van der Waals surface area contributed by atoms with Crippen LogP contribution in [0.2, 0.25) is 0 Å². The number of esters is 1. The first-order valence-corrected chi connectivity index (χ1v) is 7.29. The van der Waals surface area contributed by atoms with E-state index in [1.165, 1.54) is 29.2 Å². The molecule has 0 heterocycles. The zero-order valence-corrected chi connectivity index (χ0v) is 12.9. The quantitative estimate of drug-likeness (QED) is 0.417. The van der Waals surface area contributed by atoms with Crippen LogP contribution in [-0.4, -0.2) is 53.1 Å². The molecular formula is C15H20N2O6. The number of carbonyl (C=O) groups is 2. The van der Waals surface area contributed by atoms with Crippen LogP contribution in [0.4, 0.5) is 5.69 Å². The fourth-order valence-electron chi connectivity index (χ4n) is 1.97. The number of hydrogen-bond donors (Lipinski definition) is 1. The largest absolute Gasteiger partial charge is 0.466 e. The summed E-state index contributed by atoms with van der Waals surface area (Å²) in [7, 11) is 0. The van der Waals surface area contributed by atoms with Gasteiger partial charge in [-0.2, -0.15) is 0 Å². The van der Waals surface area contributed by atoms with Gasteiger partial charge in [0, 0.05) is 37.4 Å². The van der Waals surface area contributed by atoms with E-state index in [1.54, 1.807) is 6.92 Å². The maximum Gasteiger partial charge on any atom is 0.307 e. The van der Waals surface area contributed by atoms with Crippen molar-refractivity contribution in [1.29, 1.82) is 0 Å². The second-order valence-corrected chi connectivity index (χ2v) is 4.73. The summed E-state index contributed by atoms with van der Waals surface area (Å²) in [6.07, 6.45) is 0.378. The molecule has 0 saturated heterocycles. The standard InChI is InChI=1S/C15H20N2O6/c1-2-23-14(19)7-9-16(8-4-10-18)15(20)12-5-3-6-13(11-12)17(21)22/h3,5-6,11,18H,2,4,7-10H2,1H3. The molecule has 1 N–H and O–H groups in total. The topological polar surface area (TPSA) is 110 Å². The molecule has 23 heavy (non-hydrogen) atoms. The lowest BCUT2D eigenvalue weighted by atomic mass is 10.1. The van der Waals surface area contributed by atoms with Gasteiger partial charge in [-0.05, 0) is 19.4 Å². The molecule has 0 radical (unpaired) electrons. The summed E-state index contributed by atoms with van der Waals surface area (Å²) in [6, 6.07) is 5.40. The first-order chi connectivity index (χ1) is 11.0. The van der Waals surface area contributed by atoms with E-state index in [-0.39, 0.29) is 44.0 Å². The summed E-state index contributed by atoms with van der Waals surface area (Å²) in [5.41, 5.74) is -0.00986. The SMILES string of the molecule is CCOC(=O)CCN(CCCO)C(=O)c1cccc([N+](=O)[O-])c1. The van der Waals surface area contributed by atoms with Crippen molar-refractivity contribution in [2.45, 2.75) is 19.8 Å². The van der Waals surface area contributed by atoms with Crippen molar-refractivity contribution in [1.82, 2.24) is 4.90 Å². The number of amides is 1. The van der Waals surface area contributed by atoms with Crippen LogP contribution in [0.25, 0.3) is 0 Å². The van der Waals surface area contributed by atoms with Crippen molar-refractivity contribution in [3.05, 3.63) is 39.9 Å². The zero-order chi connectivity index (χ0) is 17.2. The summed E-state index contributed by atoms with van der Waals surface area (Å²) >= 11 is 0. The number of aliphatic hydroxyl groups is 1. The Morgan fingerprint density at radius 3 is 2.70 bits per heavy atom. The number of nitro groups is 1. The van der Waals surface area contributed by atoms with Crippen LogP contribution in [0.5, 0.6) is 0 Å². The van der Waals surface area contributed by atoms with Gasteiger partial charge in [0.25, 0.3) is 11.6 Å². The van der Waals surface area contributed by atoms with Crippen molar-refractivity contribution in [3.8, 4) is 0 Å². The van der Waals surface area contributed by atoms with Gasteiger partial charge in [0.05, 0.1) is 18.0 Å². The van der Waals surface area contributed by atoms with Gasteiger partial charge in [-0.15, -0.1) is 0 Å². The van der Waals surface area contributed by atoms with Crippen LogP contribution in [0, 0.1) is 10.1 Å². The molecule has 0 bridgehead atoms. The first kappa shape index (κ1) is 18.6. The van der Waals surface area contributed by atoms with Gasteiger partial charge in [0.1, 0.15) is 0 Å². The number of nitro benzene ring substituents is 1. The lowest BCUT2D eigenvalue weighted by Gasteiger charge is -2.22. The molecule has 126 valence electrons. The molecule has 0 aromatic heterocycles. The Balaban J connectivity index is 2.83. The van der Waals surface area contributed by atoms with E-state index in [2.05, 4.69) is 0 Å². The molecule has 8 heteroatoms. The molecular weight excluding hydrogens is 304 g/mol. The predicted octanol–water partition coefficient (Wildman–Crippen LogP) is 1.37. The highest BCUT2D eigenvalue weighted by Gasteiger charge is 2.19. The zero-order valence-electron chi connectivity index (χ0n) is 12.9. The number of rotatable bonds is 9. The van der Waals surface area contributed by atoms with Gasteiger partial charge in [-0.1, -0.05) is 6.07 Å². The molecule has 1 rings (SSSR count). The predicted molar refractivity (Wildman–Crippen MR) is 82.0 cm³/mol. The third-order valence-corrected chi connectivity index (χ3v) is 3.07. The highest BCUT2D eigenvalue weighted by molar-refractivity contribution is 5.95. The van der Waals surface area contributed by atoms with E-state index in [0.717, 1.165) is 0 Å². The smallest absolute Gasteiger partial charge is 0.307 e. The van der Waals surface area contributed by atoms with Gasteiger partial charge in [-0.3, -0.25) is 19.7 Å². The second kappa shape index (κ2) is 9.52. The fourth-order valence-corrected chi connectivity index (χ4v) is 1.97. The molecule has 1 amide bonds. The number of benzene rings is 1. The molecule has 0 saturated carbocycles. The first-order valence-electron chi connectivity index (χ1n) is 7.29. The van der Waals surface area contributed by atoms with Crippen molar-refractivity contribution in [2.75, 3.05) is 26.3 Å². The molecule has 1 aromatic carbocycles. The Morgan fingerprint density at radius 2 is 2.09 bits per heavy atom. The van der Waals surface area contributed by atoms with Crippen molar-refractivity contribution < 1.29 is 24.4 Å². The molecule has 0 atom stereocenters. The van der Waals surface area contributed by atoms with E-state index in [4.69, 9.17) is 9.84 Å². The average molecular weight is 324 g/mol. The van der Waals surface area contributed by atoms with Crippen LogP contribution in [0.1, 0.15) is 30.1 Å². The van der Waals surface area contributed by atoms with E-state index >= 15 is 0 Å². The minimum atomic E-state index is -0.576. The summed E-state index contributed by atoms with van der Waals surface area (Å²) in [4.78, 5) is 35.5. The summed E-state index contributed by atoms with van der Waals surface area (Å²) in [6.45, 7) is 2.22. The lowest BCUT2D eigenvalue weighted by Crippen LogP contribution is -2.34. The number of carbonyl (C=O) groups excluding carboxylic acids is 2. The Labute approximate surface area is 133 Å². The number of non-ortho nitro benzene ring substituents is 1. The van der Waals surface area contributed by atoms with Crippen LogP contribution in [0.3, 0.4) is 0 Å². The number of nitrogens with zero attached hydrogens (tertiary/aromatic N) is 2. The van der Waals surface area contributed by atoms with E-state index in [0.29, 0.717) is 6.42 Å².